The molecule has 2 aromatic heterocycles. The number of imidazole rings is 1. The van der Waals surface area contributed by atoms with Gasteiger partial charge in [0.2, 0.25) is 11.1 Å². The summed E-state index contributed by atoms with van der Waals surface area (Å²) in [6.45, 7) is 6.00. The third kappa shape index (κ3) is 3.40. The summed E-state index contributed by atoms with van der Waals surface area (Å²) in [7, 11) is 0. The highest BCUT2D eigenvalue weighted by atomic mass is 32.2. The van der Waals surface area contributed by atoms with Gasteiger partial charge < -0.3 is 0 Å². The smallest absolute Gasteiger partial charge is 0.236 e. The van der Waals surface area contributed by atoms with Crippen molar-refractivity contribution in [3.05, 3.63) is 59.1 Å². The predicted octanol–water partition coefficient (Wildman–Crippen LogP) is 3.97. The van der Waals surface area contributed by atoms with Gasteiger partial charge in [0.05, 0.1) is 5.04 Å². The Morgan fingerprint density at radius 1 is 1.12 bits per heavy atom. The standard InChI is InChI=1S/C17H17N7S2/c1-11-4-6-14(7-5-11)15-24(22-13(3)25-15)17(23-9-8-18-10-23)19-16-21-20-12(2)26-16/h4-10,15H,1-3H3/t15-/m0/s1. The van der Waals surface area contributed by atoms with Gasteiger partial charge in [-0.3, -0.25) is 4.57 Å². The van der Waals surface area contributed by atoms with Crippen molar-refractivity contribution >= 4 is 39.2 Å². The van der Waals surface area contributed by atoms with Crippen molar-refractivity contribution in [1.29, 1.82) is 0 Å². The topological polar surface area (TPSA) is 71.6 Å². The minimum atomic E-state index is 0.00534. The predicted molar refractivity (Wildman–Crippen MR) is 106 cm³/mol. The minimum absolute atomic E-state index is 0.00534. The SMILES string of the molecule is CC1=NN(C(=Nc2nnc(C)s2)n2ccnc2)[C@H](c2ccc(C)cc2)S1. The van der Waals surface area contributed by atoms with Crippen LogP contribution in [0.5, 0.6) is 0 Å². The van der Waals surface area contributed by atoms with E-state index in [2.05, 4.69) is 46.4 Å². The monoisotopic (exact) mass is 383 g/mol. The fraction of sp³-hybridized carbons (Fsp3) is 0.235. The summed E-state index contributed by atoms with van der Waals surface area (Å²) >= 11 is 3.15. The summed E-state index contributed by atoms with van der Waals surface area (Å²) < 4.78 is 1.85. The molecule has 9 heteroatoms. The second-order valence-electron chi connectivity index (χ2n) is 5.83. The third-order valence-electron chi connectivity index (χ3n) is 3.77. The molecule has 26 heavy (non-hydrogen) atoms. The molecule has 132 valence electrons. The van der Waals surface area contributed by atoms with Crippen LogP contribution in [0.25, 0.3) is 0 Å². The molecule has 0 spiro atoms. The number of hydrazone groups is 1. The lowest BCUT2D eigenvalue weighted by atomic mass is 10.1. The Hall–Kier alpha value is -2.52. The summed E-state index contributed by atoms with van der Waals surface area (Å²) in [5, 5.41) is 17.3. The van der Waals surface area contributed by atoms with Gasteiger partial charge in [0.25, 0.3) is 0 Å². The van der Waals surface area contributed by atoms with E-state index in [9.17, 15) is 0 Å². The van der Waals surface area contributed by atoms with Crippen LogP contribution in [0.2, 0.25) is 0 Å². The van der Waals surface area contributed by atoms with E-state index in [0.29, 0.717) is 11.1 Å². The molecule has 0 saturated carbocycles. The van der Waals surface area contributed by atoms with Crippen LogP contribution in [0.1, 0.15) is 28.4 Å². The number of aromatic nitrogens is 4. The second kappa shape index (κ2) is 7.00. The highest BCUT2D eigenvalue weighted by Crippen LogP contribution is 2.40. The van der Waals surface area contributed by atoms with Crippen molar-refractivity contribution in [2.75, 3.05) is 0 Å². The van der Waals surface area contributed by atoms with Crippen molar-refractivity contribution in [2.24, 2.45) is 10.1 Å². The molecule has 0 bridgehead atoms. The number of nitrogens with zero attached hydrogens (tertiary/aromatic N) is 7. The van der Waals surface area contributed by atoms with Crippen molar-refractivity contribution in [3.63, 3.8) is 0 Å². The summed E-state index contributed by atoms with van der Waals surface area (Å²) in [6, 6.07) is 8.50. The normalized spacial score (nSPS) is 17.7. The van der Waals surface area contributed by atoms with Crippen LogP contribution in [0.3, 0.4) is 0 Å². The van der Waals surface area contributed by atoms with Crippen molar-refractivity contribution in [3.8, 4) is 0 Å². The van der Waals surface area contributed by atoms with Crippen LogP contribution in [0, 0.1) is 13.8 Å². The van der Waals surface area contributed by atoms with Gasteiger partial charge in [0, 0.05) is 12.4 Å². The molecule has 7 nitrogen and oxygen atoms in total. The van der Waals surface area contributed by atoms with Crippen molar-refractivity contribution in [2.45, 2.75) is 26.1 Å². The van der Waals surface area contributed by atoms with E-state index in [-0.39, 0.29) is 5.37 Å². The molecule has 1 aliphatic rings. The van der Waals surface area contributed by atoms with Crippen LogP contribution in [-0.4, -0.2) is 35.8 Å². The summed E-state index contributed by atoms with van der Waals surface area (Å²) in [4.78, 5) is 8.88. The number of rotatable bonds is 2. The Balaban J connectivity index is 1.78. The molecule has 0 unspecified atom stereocenters. The van der Waals surface area contributed by atoms with E-state index in [1.54, 1.807) is 24.3 Å². The Labute approximate surface area is 159 Å². The molecule has 0 saturated heterocycles. The van der Waals surface area contributed by atoms with Gasteiger partial charge >= 0.3 is 0 Å². The fourth-order valence-electron chi connectivity index (χ4n) is 2.55. The maximum Gasteiger partial charge on any atom is 0.236 e. The number of aliphatic imine (C=N–C) groups is 1. The van der Waals surface area contributed by atoms with Crippen LogP contribution in [-0.2, 0) is 0 Å². The molecular formula is C17H17N7S2. The molecule has 0 fully saturated rings. The average molecular weight is 384 g/mol. The fourth-order valence-corrected chi connectivity index (χ4v) is 4.10. The molecule has 3 aromatic rings. The summed E-state index contributed by atoms with van der Waals surface area (Å²) in [6.07, 6.45) is 5.29. The zero-order valence-corrected chi connectivity index (χ0v) is 16.2. The van der Waals surface area contributed by atoms with Crippen LogP contribution < -0.4 is 0 Å². The lowest BCUT2D eigenvalue weighted by molar-refractivity contribution is 0.424. The van der Waals surface area contributed by atoms with Crippen LogP contribution in [0.4, 0.5) is 5.13 Å². The van der Waals surface area contributed by atoms with E-state index < -0.39 is 0 Å². The first-order valence-electron chi connectivity index (χ1n) is 8.05. The lowest BCUT2D eigenvalue weighted by Gasteiger charge is -2.24. The van der Waals surface area contributed by atoms with E-state index in [1.807, 2.05) is 29.6 Å². The van der Waals surface area contributed by atoms with E-state index >= 15 is 0 Å². The van der Waals surface area contributed by atoms with Gasteiger partial charge in [0.1, 0.15) is 16.7 Å². The first-order chi connectivity index (χ1) is 12.6. The largest absolute Gasteiger partial charge is 0.275 e. The first-order valence-corrected chi connectivity index (χ1v) is 9.74. The maximum absolute atomic E-state index is 4.72. The number of hydrogen-bond acceptors (Lipinski definition) is 7. The second-order valence-corrected chi connectivity index (χ2v) is 8.26. The lowest BCUT2D eigenvalue weighted by Crippen LogP contribution is -2.31. The quantitative estimate of drug-likeness (QED) is 0.495. The first kappa shape index (κ1) is 16.9. The van der Waals surface area contributed by atoms with Gasteiger partial charge in [-0.2, -0.15) is 10.1 Å². The molecule has 1 atom stereocenters. The summed E-state index contributed by atoms with van der Waals surface area (Å²) in [5.74, 6) is 0.647. The Morgan fingerprint density at radius 3 is 2.58 bits per heavy atom. The van der Waals surface area contributed by atoms with Gasteiger partial charge in [-0.1, -0.05) is 52.9 Å². The molecule has 3 heterocycles. The van der Waals surface area contributed by atoms with Gasteiger partial charge in [-0.15, -0.1) is 10.2 Å². The molecule has 0 amide bonds. The Morgan fingerprint density at radius 2 is 1.92 bits per heavy atom. The van der Waals surface area contributed by atoms with Crippen molar-refractivity contribution < 1.29 is 0 Å². The van der Waals surface area contributed by atoms with Crippen LogP contribution in [0.15, 0.2) is 53.1 Å². The highest BCUT2D eigenvalue weighted by Gasteiger charge is 2.31. The summed E-state index contributed by atoms with van der Waals surface area (Å²) in [5.41, 5.74) is 2.40. The van der Waals surface area contributed by atoms with Crippen molar-refractivity contribution in [1.82, 2.24) is 24.8 Å². The molecule has 0 aliphatic carbocycles. The van der Waals surface area contributed by atoms with Crippen LogP contribution >= 0.6 is 23.1 Å². The number of aryl methyl sites for hydroxylation is 2. The Bertz CT molecular complexity index is 957. The van der Waals surface area contributed by atoms with Gasteiger partial charge in [-0.25, -0.2) is 9.99 Å². The van der Waals surface area contributed by atoms with E-state index in [1.165, 1.54) is 22.5 Å². The zero-order valence-electron chi connectivity index (χ0n) is 14.6. The van der Waals surface area contributed by atoms with Gasteiger partial charge in [-0.05, 0) is 26.3 Å². The Kier molecular flexibility index (Phi) is 4.56. The maximum atomic E-state index is 4.72. The molecule has 4 rings (SSSR count). The number of hydrogen-bond donors (Lipinski definition) is 0. The number of benzene rings is 1. The molecule has 1 aromatic carbocycles. The zero-order chi connectivity index (χ0) is 18.1. The molecule has 1 aliphatic heterocycles. The third-order valence-corrected chi connectivity index (χ3v) is 5.62. The molecule has 0 N–H and O–H groups in total. The average Bonchev–Trinajstić information content (AvgIpc) is 3.35. The highest BCUT2D eigenvalue weighted by molar-refractivity contribution is 8.14. The van der Waals surface area contributed by atoms with E-state index in [4.69, 9.17) is 10.1 Å². The van der Waals surface area contributed by atoms with E-state index in [0.717, 1.165) is 10.1 Å². The minimum Gasteiger partial charge on any atom is -0.275 e. The van der Waals surface area contributed by atoms with Gasteiger partial charge in [0.15, 0.2) is 0 Å². The molecular weight excluding hydrogens is 366 g/mol. The number of thioether (sulfide) groups is 1. The molecule has 0 radical (unpaired) electrons.